The van der Waals surface area contributed by atoms with E-state index in [9.17, 15) is 17.6 Å². The van der Waals surface area contributed by atoms with Gasteiger partial charge in [-0.15, -0.1) is 0 Å². The van der Waals surface area contributed by atoms with E-state index >= 15 is 0 Å². The summed E-state index contributed by atoms with van der Waals surface area (Å²) >= 11 is 0. The van der Waals surface area contributed by atoms with Crippen molar-refractivity contribution in [2.75, 3.05) is 19.3 Å². The molecule has 1 aromatic carbocycles. The number of nitrogens with zero attached hydrogens (tertiary/aromatic N) is 3. The number of halogens is 1. The van der Waals surface area contributed by atoms with Crippen LogP contribution >= 0.6 is 0 Å². The van der Waals surface area contributed by atoms with Crippen molar-refractivity contribution in [1.82, 2.24) is 14.9 Å². The first-order chi connectivity index (χ1) is 14.3. The Hall–Kier alpha value is -2.35. The molecule has 1 amide bonds. The maximum atomic E-state index is 13.7. The lowest BCUT2D eigenvalue weighted by Crippen LogP contribution is -2.49. The molecule has 2 aliphatic rings. The molecule has 0 spiro atoms. The number of hydrogen-bond donors (Lipinski definition) is 0. The number of sulfone groups is 1. The fourth-order valence-electron chi connectivity index (χ4n) is 4.98. The zero-order chi connectivity index (χ0) is 21.4. The summed E-state index contributed by atoms with van der Waals surface area (Å²) in [5, 5.41) is 0. The highest BCUT2D eigenvalue weighted by molar-refractivity contribution is 7.90. The Morgan fingerprint density at radius 2 is 1.87 bits per heavy atom. The van der Waals surface area contributed by atoms with Gasteiger partial charge in [0.1, 0.15) is 17.0 Å². The first kappa shape index (κ1) is 20.9. The van der Waals surface area contributed by atoms with E-state index in [0.717, 1.165) is 50.3 Å². The highest BCUT2D eigenvalue weighted by Crippen LogP contribution is 2.44. The minimum atomic E-state index is -3.46. The van der Waals surface area contributed by atoms with Crippen LogP contribution in [-0.2, 0) is 20.0 Å². The van der Waals surface area contributed by atoms with Gasteiger partial charge in [-0.2, -0.15) is 0 Å². The average molecular weight is 432 g/mol. The molecule has 1 saturated carbocycles. The monoisotopic (exact) mass is 431 g/mol. The molecule has 2 heterocycles. The molecule has 160 valence electrons. The van der Waals surface area contributed by atoms with Gasteiger partial charge in [0.15, 0.2) is 9.84 Å². The van der Waals surface area contributed by atoms with Gasteiger partial charge in [-0.05, 0) is 43.4 Å². The van der Waals surface area contributed by atoms with Crippen LogP contribution in [0.25, 0.3) is 0 Å². The van der Waals surface area contributed by atoms with E-state index in [1.54, 1.807) is 12.1 Å². The van der Waals surface area contributed by atoms with Gasteiger partial charge in [0.2, 0.25) is 5.91 Å². The Morgan fingerprint density at radius 1 is 1.17 bits per heavy atom. The SMILES string of the molecule is CS(=O)(=O)c1cncnc1[C@H]1CCCN(C(=O)C2(c3ccc(F)cc3)CCCC2)C1. The summed E-state index contributed by atoms with van der Waals surface area (Å²) in [6.45, 7) is 1.07. The van der Waals surface area contributed by atoms with Crippen LogP contribution in [-0.4, -0.2) is 48.5 Å². The van der Waals surface area contributed by atoms with Gasteiger partial charge in [-0.25, -0.2) is 22.8 Å². The van der Waals surface area contributed by atoms with Crippen LogP contribution < -0.4 is 0 Å². The van der Waals surface area contributed by atoms with E-state index in [-0.39, 0.29) is 22.5 Å². The molecule has 30 heavy (non-hydrogen) atoms. The van der Waals surface area contributed by atoms with E-state index in [0.29, 0.717) is 18.8 Å². The number of piperidine rings is 1. The Balaban J connectivity index is 1.63. The summed E-state index contributed by atoms with van der Waals surface area (Å²) in [6, 6.07) is 6.29. The second kappa shape index (κ2) is 8.06. The number of carbonyl (C=O) groups excluding carboxylic acids is 1. The molecule has 2 aromatic rings. The fourth-order valence-corrected chi connectivity index (χ4v) is 5.83. The average Bonchev–Trinajstić information content (AvgIpc) is 3.24. The normalized spacial score (nSPS) is 21.5. The number of likely N-dealkylation sites (tertiary alicyclic amines) is 1. The Morgan fingerprint density at radius 3 is 2.53 bits per heavy atom. The number of hydrogen-bond acceptors (Lipinski definition) is 5. The molecule has 0 N–H and O–H groups in total. The van der Waals surface area contributed by atoms with Crippen LogP contribution in [0.15, 0.2) is 41.7 Å². The molecule has 8 heteroatoms. The highest BCUT2D eigenvalue weighted by Gasteiger charge is 2.46. The first-order valence-electron chi connectivity index (χ1n) is 10.4. The number of amides is 1. The second-order valence-electron chi connectivity index (χ2n) is 8.43. The smallest absolute Gasteiger partial charge is 0.233 e. The largest absolute Gasteiger partial charge is 0.341 e. The summed E-state index contributed by atoms with van der Waals surface area (Å²) in [6.07, 6.45) is 8.84. The van der Waals surface area contributed by atoms with Gasteiger partial charge in [0, 0.05) is 31.5 Å². The van der Waals surface area contributed by atoms with Crippen molar-refractivity contribution in [3.8, 4) is 0 Å². The van der Waals surface area contributed by atoms with Crippen molar-refractivity contribution < 1.29 is 17.6 Å². The third-order valence-electron chi connectivity index (χ3n) is 6.47. The molecular weight excluding hydrogens is 405 g/mol. The summed E-state index contributed by atoms with van der Waals surface area (Å²) in [7, 11) is -3.46. The molecule has 1 aliphatic heterocycles. The van der Waals surface area contributed by atoms with Crippen LogP contribution in [0.1, 0.15) is 55.7 Å². The lowest BCUT2D eigenvalue weighted by molar-refractivity contribution is -0.138. The number of carbonyl (C=O) groups is 1. The van der Waals surface area contributed by atoms with Crippen LogP contribution in [0, 0.1) is 5.82 Å². The third-order valence-corrected chi connectivity index (χ3v) is 7.58. The van der Waals surface area contributed by atoms with Crippen molar-refractivity contribution in [3.63, 3.8) is 0 Å². The molecular formula is C22H26FN3O3S. The molecule has 6 nitrogen and oxygen atoms in total. The molecule has 0 radical (unpaired) electrons. The van der Waals surface area contributed by atoms with E-state index in [2.05, 4.69) is 9.97 Å². The molecule has 0 unspecified atom stereocenters. The summed E-state index contributed by atoms with van der Waals surface area (Å²) in [5.74, 6) is -0.400. The molecule has 1 aromatic heterocycles. The standard InChI is InChI=1S/C22H26FN3O3S/c1-30(28,29)19-13-24-15-25-20(19)16-5-4-12-26(14-16)21(27)22(10-2-3-11-22)17-6-8-18(23)9-7-17/h6-9,13,15-16H,2-5,10-12,14H2,1H3/t16-/m0/s1. The lowest BCUT2D eigenvalue weighted by Gasteiger charge is -2.39. The Labute approximate surface area is 176 Å². The van der Waals surface area contributed by atoms with Gasteiger partial charge in [-0.3, -0.25) is 4.79 Å². The van der Waals surface area contributed by atoms with E-state index < -0.39 is 15.3 Å². The molecule has 4 rings (SSSR count). The minimum absolute atomic E-state index is 0.0614. The number of benzene rings is 1. The van der Waals surface area contributed by atoms with Crippen LogP contribution in [0.4, 0.5) is 4.39 Å². The number of rotatable bonds is 4. The molecule has 2 fully saturated rings. The third kappa shape index (κ3) is 3.85. The fraction of sp³-hybridized carbons (Fsp3) is 0.500. The van der Waals surface area contributed by atoms with Crippen LogP contribution in [0.3, 0.4) is 0 Å². The molecule has 1 atom stereocenters. The summed E-state index contributed by atoms with van der Waals surface area (Å²) in [4.78, 5) is 23.9. The lowest BCUT2D eigenvalue weighted by atomic mass is 9.77. The maximum Gasteiger partial charge on any atom is 0.233 e. The predicted octanol–water partition coefficient (Wildman–Crippen LogP) is 3.24. The topological polar surface area (TPSA) is 80.2 Å². The van der Waals surface area contributed by atoms with E-state index in [1.165, 1.54) is 24.7 Å². The van der Waals surface area contributed by atoms with Gasteiger partial charge in [0.25, 0.3) is 0 Å². The van der Waals surface area contributed by atoms with Crippen molar-refractivity contribution in [2.24, 2.45) is 0 Å². The molecule has 1 aliphatic carbocycles. The maximum absolute atomic E-state index is 13.7. The van der Waals surface area contributed by atoms with Crippen molar-refractivity contribution in [3.05, 3.63) is 53.9 Å². The minimum Gasteiger partial charge on any atom is -0.341 e. The zero-order valence-corrected chi connectivity index (χ0v) is 17.9. The Bertz CT molecular complexity index is 1030. The highest BCUT2D eigenvalue weighted by atomic mass is 32.2. The van der Waals surface area contributed by atoms with Crippen LogP contribution in [0.5, 0.6) is 0 Å². The quantitative estimate of drug-likeness (QED) is 0.743. The van der Waals surface area contributed by atoms with Crippen molar-refractivity contribution in [2.45, 2.75) is 54.8 Å². The summed E-state index contributed by atoms with van der Waals surface area (Å²) < 4.78 is 37.9. The van der Waals surface area contributed by atoms with Crippen LogP contribution in [0.2, 0.25) is 0 Å². The first-order valence-corrected chi connectivity index (χ1v) is 12.3. The summed E-state index contributed by atoms with van der Waals surface area (Å²) in [5.41, 5.74) is 0.737. The van der Waals surface area contributed by atoms with E-state index in [4.69, 9.17) is 0 Å². The van der Waals surface area contributed by atoms with Gasteiger partial charge in [-0.1, -0.05) is 25.0 Å². The molecule has 0 bridgehead atoms. The van der Waals surface area contributed by atoms with Gasteiger partial charge < -0.3 is 4.90 Å². The second-order valence-corrected chi connectivity index (χ2v) is 10.4. The van der Waals surface area contributed by atoms with Gasteiger partial charge in [0.05, 0.1) is 11.1 Å². The van der Waals surface area contributed by atoms with Crippen molar-refractivity contribution >= 4 is 15.7 Å². The predicted molar refractivity (Wildman–Crippen MR) is 110 cm³/mol. The van der Waals surface area contributed by atoms with Crippen molar-refractivity contribution in [1.29, 1.82) is 0 Å². The molecule has 1 saturated heterocycles. The Kier molecular flexibility index (Phi) is 5.61. The van der Waals surface area contributed by atoms with Gasteiger partial charge >= 0.3 is 0 Å². The number of aromatic nitrogens is 2. The van der Waals surface area contributed by atoms with E-state index in [1.807, 2.05) is 4.90 Å². The zero-order valence-electron chi connectivity index (χ0n) is 17.1.